The molecule has 0 amide bonds. The van der Waals surface area contributed by atoms with E-state index in [9.17, 15) is 4.79 Å². The molecule has 0 radical (unpaired) electrons. The minimum absolute atomic E-state index is 0.224. The summed E-state index contributed by atoms with van der Waals surface area (Å²) < 4.78 is 9.86. The van der Waals surface area contributed by atoms with Crippen LogP contribution in [0.2, 0.25) is 0 Å². The van der Waals surface area contributed by atoms with Gasteiger partial charge in [0.05, 0.1) is 20.6 Å². The molecule has 0 fully saturated rings. The Hall–Kier alpha value is -1.78. The average Bonchev–Trinajstić information content (AvgIpc) is 2.39. The van der Waals surface area contributed by atoms with Crippen molar-refractivity contribution in [1.82, 2.24) is 4.98 Å². The minimum atomic E-state index is -0.224. The van der Waals surface area contributed by atoms with E-state index in [1.54, 1.807) is 13.3 Å². The molecular weight excluding hydrogens is 220 g/mol. The van der Waals surface area contributed by atoms with Gasteiger partial charge in [-0.2, -0.15) is 0 Å². The van der Waals surface area contributed by atoms with E-state index < -0.39 is 0 Å². The number of hydrogen-bond donors (Lipinski definition) is 0. The summed E-state index contributed by atoms with van der Waals surface area (Å²) in [7, 11) is 2.99. The van der Waals surface area contributed by atoms with Gasteiger partial charge in [-0.1, -0.05) is 0 Å². The van der Waals surface area contributed by atoms with Crippen molar-refractivity contribution in [3.63, 3.8) is 0 Å². The Kier molecular flexibility index (Phi) is 5.26. The molecule has 0 aliphatic carbocycles. The molecule has 0 aromatic carbocycles. The number of rotatable bonds is 6. The van der Waals surface area contributed by atoms with Gasteiger partial charge in [-0.05, 0) is 19.1 Å². The smallest absolute Gasteiger partial charge is 0.307 e. The Labute approximate surface area is 101 Å². The molecule has 0 saturated heterocycles. The van der Waals surface area contributed by atoms with Gasteiger partial charge in [-0.3, -0.25) is 4.79 Å². The summed E-state index contributed by atoms with van der Waals surface area (Å²) in [5, 5.41) is 0. The lowest BCUT2D eigenvalue weighted by Crippen LogP contribution is -2.27. The minimum Gasteiger partial charge on any atom is -0.493 e. The lowest BCUT2D eigenvalue weighted by Gasteiger charge is -2.22. The molecule has 94 valence electrons. The number of pyridine rings is 1. The molecule has 0 aliphatic rings. The van der Waals surface area contributed by atoms with Crippen molar-refractivity contribution in [2.75, 3.05) is 32.2 Å². The highest BCUT2D eigenvalue weighted by Crippen LogP contribution is 2.24. The number of ether oxygens (including phenoxy) is 2. The first-order valence-corrected chi connectivity index (χ1v) is 5.53. The molecule has 0 N–H and O–H groups in total. The van der Waals surface area contributed by atoms with Crippen LogP contribution >= 0.6 is 0 Å². The van der Waals surface area contributed by atoms with E-state index in [4.69, 9.17) is 4.74 Å². The molecule has 0 aliphatic heterocycles. The van der Waals surface area contributed by atoms with Crippen LogP contribution in [0, 0.1) is 0 Å². The molecule has 0 saturated carbocycles. The van der Waals surface area contributed by atoms with Crippen molar-refractivity contribution < 1.29 is 14.3 Å². The van der Waals surface area contributed by atoms with Gasteiger partial charge in [0.2, 0.25) is 0 Å². The highest BCUT2D eigenvalue weighted by molar-refractivity contribution is 5.70. The number of nitrogens with zero attached hydrogens (tertiary/aromatic N) is 2. The fourth-order valence-electron chi connectivity index (χ4n) is 1.52. The third-order valence-corrected chi connectivity index (χ3v) is 2.47. The van der Waals surface area contributed by atoms with E-state index in [0.717, 1.165) is 12.4 Å². The fraction of sp³-hybridized carbons (Fsp3) is 0.500. The second-order valence-corrected chi connectivity index (χ2v) is 3.44. The van der Waals surface area contributed by atoms with Crippen LogP contribution in [-0.4, -0.2) is 38.3 Å². The summed E-state index contributed by atoms with van der Waals surface area (Å²) in [5.41, 5.74) is 0. The normalized spacial score (nSPS) is 9.82. The second-order valence-electron chi connectivity index (χ2n) is 3.44. The van der Waals surface area contributed by atoms with Crippen LogP contribution in [0.15, 0.2) is 18.3 Å². The van der Waals surface area contributed by atoms with Crippen LogP contribution in [0.25, 0.3) is 0 Å². The molecule has 1 heterocycles. The van der Waals surface area contributed by atoms with Gasteiger partial charge >= 0.3 is 5.97 Å². The van der Waals surface area contributed by atoms with E-state index in [-0.39, 0.29) is 5.97 Å². The Morgan fingerprint density at radius 2 is 2.24 bits per heavy atom. The maximum absolute atomic E-state index is 11.1. The standard InChI is InChI=1S/C12H18N2O3/c1-4-14(9-7-11(15)17-3)12-10(16-2)6-5-8-13-12/h5-6,8H,4,7,9H2,1-3H3. The lowest BCUT2D eigenvalue weighted by molar-refractivity contribution is -0.140. The monoisotopic (exact) mass is 238 g/mol. The lowest BCUT2D eigenvalue weighted by atomic mass is 10.3. The number of carbonyl (C=O) groups excluding carboxylic acids is 1. The number of carbonyl (C=O) groups is 1. The van der Waals surface area contributed by atoms with Gasteiger partial charge in [0.15, 0.2) is 11.6 Å². The molecule has 1 rings (SSSR count). The topological polar surface area (TPSA) is 51.7 Å². The summed E-state index contributed by atoms with van der Waals surface area (Å²) in [6.07, 6.45) is 2.04. The third kappa shape index (κ3) is 3.62. The van der Waals surface area contributed by atoms with Crippen LogP contribution in [-0.2, 0) is 9.53 Å². The molecule has 0 atom stereocenters. The summed E-state index contributed by atoms with van der Waals surface area (Å²) >= 11 is 0. The quantitative estimate of drug-likeness (QED) is 0.703. The Morgan fingerprint density at radius 3 is 2.82 bits per heavy atom. The molecule has 5 heteroatoms. The first-order valence-electron chi connectivity index (χ1n) is 5.53. The van der Waals surface area contributed by atoms with E-state index in [0.29, 0.717) is 18.7 Å². The van der Waals surface area contributed by atoms with E-state index in [1.807, 2.05) is 24.0 Å². The molecule has 0 bridgehead atoms. The predicted octanol–water partition coefficient (Wildman–Crippen LogP) is 1.48. The van der Waals surface area contributed by atoms with Gasteiger partial charge in [0, 0.05) is 19.3 Å². The Morgan fingerprint density at radius 1 is 1.47 bits per heavy atom. The average molecular weight is 238 g/mol. The number of aromatic nitrogens is 1. The summed E-state index contributed by atoms with van der Waals surface area (Å²) in [5.74, 6) is 1.24. The van der Waals surface area contributed by atoms with Gasteiger partial charge in [0.1, 0.15) is 0 Å². The first kappa shape index (κ1) is 13.3. The fourth-order valence-corrected chi connectivity index (χ4v) is 1.52. The van der Waals surface area contributed by atoms with Crippen LogP contribution in [0.1, 0.15) is 13.3 Å². The summed E-state index contributed by atoms with van der Waals surface area (Å²) in [6, 6.07) is 3.67. The van der Waals surface area contributed by atoms with Crippen molar-refractivity contribution in [2.45, 2.75) is 13.3 Å². The van der Waals surface area contributed by atoms with Crippen LogP contribution in [0.4, 0.5) is 5.82 Å². The molecule has 1 aromatic heterocycles. The van der Waals surface area contributed by atoms with Gasteiger partial charge < -0.3 is 14.4 Å². The molecule has 0 unspecified atom stereocenters. The van der Waals surface area contributed by atoms with E-state index in [1.165, 1.54) is 7.11 Å². The summed E-state index contributed by atoms with van der Waals surface area (Å²) in [6.45, 7) is 3.33. The van der Waals surface area contributed by atoms with Crippen LogP contribution < -0.4 is 9.64 Å². The SMILES string of the molecule is CCN(CCC(=O)OC)c1ncccc1OC. The molecule has 1 aromatic rings. The second kappa shape index (κ2) is 6.73. The zero-order chi connectivity index (χ0) is 12.7. The highest BCUT2D eigenvalue weighted by atomic mass is 16.5. The van der Waals surface area contributed by atoms with Gasteiger partial charge in [0.25, 0.3) is 0 Å². The van der Waals surface area contributed by atoms with E-state index in [2.05, 4.69) is 9.72 Å². The molecule has 5 nitrogen and oxygen atoms in total. The predicted molar refractivity (Wildman–Crippen MR) is 65.3 cm³/mol. The van der Waals surface area contributed by atoms with Crippen molar-refractivity contribution in [3.8, 4) is 5.75 Å². The Bertz CT molecular complexity index is 369. The number of methoxy groups -OCH3 is 2. The van der Waals surface area contributed by atoms with Crippen LogP contribution in [0.3, 0.4) is 0 Å². The molecular formula is C12H18N2O3. The number of anilines is 1. The van der Waals surface area contributed by atoms with Crippen molar-refractivity contribution in [2.24, 2.45) is 0 Å². The largest absolute Gasteiger partial charge is 0.493 e. The Balaban J connectivity index is 2.75. The van der Waals surface area contributed by atoms with Crippen molar-refractivity contribution >= 4 is 11.8 Å². The maximum Gasteiger partial charge on any atom is 0.307 e. The zero-order valence-corrected chi connectivity index (χ0v) is 10.5. The number of esters is 1. The highest BCUT2D eigenvalue weighted by Gasteiger charge is 2.13. The van der Waals surface area contributed by atoms with Crippen LogP contribution in [0.5, 0.6) is 5.75 Å². The zero-order valence-electron chi connectivity index (χ0n) is 10.5. The van der Waals surface area contributed by atoms with E-state index >= 15 is 0 Å². The molecule has 17 heavy (non-hydrogen) atoms. The third-order valence-electron chi connectivity index (χ3n) is 2.47. The van der Waals surface area contributed by atoms with Crippen molar-refractivity contribution in [3.05, 3.63) is 18.3 Å². The maximum atomic E-state index is 11.1. The van der Waals surface area contributed by atoms with Crippen molar-refractivity contribution in [1.29, 1.82) is 0 Å². The first-order chi connectivity index (χ1) is 8.22. The van der Waals surface area contributed by atoms with Gasteiger partial charge in [-0.25, -0.2) is 4.98 Å². The summed E-state index contributed by atoms with van der Waals surface area (Å²) in [4.78, 5) is 17.4. The van der Waals surface area contributed by atoms with Gasteiger partial charge in [-0.15, -0.1) is 0 Å². The number of hydrogen-bond acceptors (Lipinski definition) is 5. The molecule has 0 spiro atoms.